The maximum Gasteiger partial charge on any atom is 0.321 e. The SMILES string of the molecule is CCCN(C(=O)C1CCN(C(=O)Nc2ccccc2)CC1)C1CCc2ccccc2C1. The summed E-state index contributed by atoms with van der Waals surface area (Å²) in [5.41, 5.74) is 3.62. The lowest BCUT2D eigenvalue weighted by atomic mass is 9.86. The van der Waals surface area contributed by atoms with Crippen molar-refractivity contribution < 1.29 is 9.59 Å². The van der Waals surface area contributed by atoms with Gasteiger partial charge in [-0.15, -0.1) is 0 Å². The summed E-state index contributed by atoms with van der Waals surface area (Å²) in [6, 6.07) is 18.4. The summed E-state index contributed by atoms with van der Waals surface area (Å²) in [5.74, 6) is 0.304. The van der Waals surface area contributed by atoms with Crippen molar-refractivity contribution in [3.8, 4) is 0 Å². The minimum atomic E-state index is -0.0774. The Morgan fingerprint density at radius 2 is 1.65 bits per heavy atom. The van der Waals surface area contributed by atoms with Gasteiger partial charge in [-0.25, -0.2) is 4.79 Å². The minimum Gasteiger partial charge on any atom is -0.339 e. The fraction of sp³-hybridized carbons (Fsp3) is 0.462. The molecule has 0 spiro atoms. The predicted molar refractivity (Wildman–Crippen MR) is 124 cm³/mol. The van der Waals surface area contributed by atoms with Gasteiger partial charge in [0.2, 0.25) is 5.91 Å². The van der Waals surface area contributed by atoms with E-state index in [0.29, 0.717) is 19.1 Å². The van der Waals surface area contributed by atoms with Crippen molar-refractivity contribution >= 4 is 17.6 Å². The number of rotatable bonds is 5. The van der Waals surface area contributed by atoms with Crippen molar-refractivity contribution in [1.82, 2.24) is 9.80 Å². The number of piperidine rings is 1. The number of urea groups is 1. The Kier molecular flexibility index (Phi) is 6.90. The molecule has 1 saturated heterocycles. The molecule has 1 N–H and O–H groups in total. The first kappa shape index (κ1) is 21.4. The quantitative estimate of drug-likeness (QED) is 0.762. The second-order valence-electron chi connectivity index (χ2n) is 8.75. The lowest BCUT2D eigenvalue weighted by molar-refractivity contribution is -0.139. The van der Waals surface area contributed by atoms with Gasteiger partial charge >= 0.3 is 6.03 Å². The Morgan fingerprint density at radius 1 is 0.968 bits per heavy atom. The van der Waals surface area contributed by atoms with Crippen molar-refractivity contribution in [2.24, 2.45) is 5.92 Å². The average molecular weight is 420 g/mol. The molecule has 1 unspecified atom stereocenters. The van der Waals surface area contributed by atoms with Gasteiger partial charge in [0.25, 0.3) is 0 Å². The molecule has 1 fully saturated rings. The number of fused-ring (bicyclic) bond motifs is 1. The second kappa shape index (κ2) is 9.99. The van der Waals surface area contributed by atoms with Crippen LogP contribution in [0.15, 0.2) is 54.6 Å². The number of hydrogen-bond acceptors (Lipinski definition) is 2. The molecule has 5 heteroatoms. The first-order valence-corrected chi connectivity index (χ1v) is 11.6. The molecule has 3 amide bonds. The molecule has 164 valence electrons. The smallest absolute Gasteiger partial charge is 0.321 e. The van der Waals surface area contributed by atoms with Crippen LogP contribution < -0.4 is 5.32 Å². The van der Waals surface area contributed by atoms with E-state index in [2.05, 4.69) is 41.4 Å². The van der Waals surface area contributed by atoms with E-state index in [4.69, 9.17) is 0 Å². The maximum atomic E-state index is 13.5. The van der Waals surface area contributed by atoms with Crippen LogP contribution in [0.1, 0.15) is 43.7 Å². The van der Waals surface area contributed by atoms with Gasteiger partial charge in [-0.1, -0.05) is 49.4 Å². The third-order valence-electron chi connectivity index (χ3n) is 6.67. The van der Waals surface area contributed by atoms with Crippen LogP contribution in [0.2, 0.25) is 0 Å². The number of amides is 3. The first-order chi connectivity index (χ1) is 15.2. The number of aryl methyl sites for hydroxylation is 1. The number of likely N-dealkylation sites (tertiary alicyclic amines) is 1. The Hall–Kier alpha value is -2.82. The zero-order valence-corrected chi connectivity index (χ0v) is 18.4. The van der Waals surface area contributed by atoms with Gasteiger partial charge in [-0.3, -0.25) is 4.79 Å². The third-order valence-corrected chi connectivity index (χ3v) is 6.67. The number of carbonyl (C=O) groups excluding carboxylic acids is 2. The van der Waals surface area contributed by atoms with Gasteiger partial charge in [0.1, 0.15) is 0 Å². The Labute approximate surface area is 185 Å². The highest BCUT2D eigenvalue weighted by molar-refractivity contribution is 5.89. The van der Waals surface area contributed by atoms with Crippen molar-refractivity contribution in [3.05, 3.63) is 65.7 Å². The maximum absolute atomic E-state index is 13.5. The standard InChI is InChI=1S/C26H33N3O2/c1-2-16-29(24-13-12-20-8-6-7-9-22(20)19-24)25(30)21-14-17-28(18-15-21)26(31)27-23-10-4-3-5-11-23/h3-11,21,24H,2,12-19H2,1H3,(H,27,31). The van der Waals surface area contributed by atoms with E-state index < -0.39 is 0 Å². The molecule has 1 heterocycles. The number of nitrogens with zero attached hydrogens (tertiary/aromatic N) is 2. The lowest BCUT2D eigenvalue weighted by Crippen LogP contribution is -2.49. The molecule has 1 atom stereocenters. The predicted octanol–water partition coefficient (Wildman–Crippen LogP) is 4.73. The molecule has 2 aromatic rings. The van der Waals surface area contributed by atoms with Crippen LogP contribution in [-0.4, -0.2) is 47.4 Å². The summed E-state index contributed by atoms with van der Waals surface area (Å²) in [6.45, 7) is 4.22. The Morgan fingerprint density at radius 3 is 2.35 bits per heavy atom. The monoisotopic (exact) mass is 419 g/mol. The molecule has 2 aromatic carbocycles. The fourth-order valence-electron chi connectivity index (χ4n) is 4.95. The second-order valence-corrected chi connectivity index (χ2v) is 8.75. The van der Waals surface area contributed by atoms with E-state index >= 15 is 0 Å². The summed E-state index contributed by atoms with van der Waals surface area (Å²) in [5, 5.41) is 2.95. The van der Waals surface area contributed by atoms with Crippen LogP contribution in [0.3, 0.4) is 0 Å². The largest absolute Gasteiger partial charge is 0.339 e. The number of hydrogen-bond donors (Lipinski definition) is 1. The average Bonchev–Trinajstić information content (AvgIpc) is 2.82. The molecule has 0 aromatic heterocycles. The van der Waals surface area contributed by atoms with Crippen molar-refractivity contribution in [3.63, 3.8) is 0 Å². The van der Waals surface area contributed by atoms with Crippen molar-refractivity contribution in [1.29, 1.82) is 0 Å². The number of para-hydroxylation sites is 1. The molecule has 1 aliphatic carbocycles. The Balaban J connectivity index is 1.34. The van der Waals surface area contributed by atoms with Crippen LogP contribution in [-0.2, 0) is 17.6 Å². The molecule has 31 heavy (non-hydrogen) atoms. The Bertz CT molecular complexity index is 891. The number of anilines is 1. The van der Waals surface area contributed by atoms with Crippen LogP contribution in [0, 0.1) is 5.92 Å². The molecule has 0 saturated carbocycles. The zero-order valence-electron chi connectivity index (χ0n) is 18.4. The fourth-order valence-corrected chi connectivity index (χ4v) is 4.95. The topological polar surface area (TPSA) is 52.7 Å². The summed E-state index contributed by atoms with van der Waals surface area (Å²) in [6.07, 6.45) is 5.51. The summed E-state index contributed by atoms with van der Waals surface area (Å²) in [4.78, 5) is 30.0. The van der Waals surface area contributed by atoms with Crippen molar-refractivity contribution in [2.75, 3.05) is 25.0 Å². The van der Waals surface area contributed by atoms with E-state index in [1.807, 2.05) is 35.2 Å². The first-order valence-electron chi connectivity index (χ1n) is 11.6. The molecule has 4 rings (SSSR count). The number of benzene rings is 2. The normalized spacial score (nSPS) is 18.9. The zero-order chi connectivity index (χ0) is 21.6. The third kappa shape index (κ3) is 5.09. The highest BCUT2D eigenvalue weighted by Gasteiger charge is 2.34. The highest BCUT2D eigenvalue weighted by Crippen LogP contribution is 2.28. The summed E-state index contributed by atoms with van der Waals surface area (Å²) < 4.78 is 0. The van der Waals surface area contributed by atoms with E-state index in [1.165, 1.54) is 11.1 Å². The highest BCUT2D eigenvalue weighted by atomic mass is 16.2. The molecule has 2 aliphatic rings. The van der Waals surface area contributed by atoms with Crippen LogP contribution in [0.5, 0.6) is 0 Å². The van der Waals surface area contributed by atoms with E-state index in [-0.39, 0.29) is 17.9 Å². The van der Waals surface area contributed by atoms with Crippen LogP contribution in [0.4, 0.5) is 10.5 Å². The van der Waals surface area contributed by atoms with Gasteiger partial charge in [0.05, 0.1) is 0 Å². The van der Waals surface area contributed by atoms with Crippen molar-refractivity contribution in [2.45, 2.75) is 51.5 Å². The summed E-state index contributed by atoms with van der Waals surface area (Å²) in [7, 11) is 0. The van der Waals surface area contributed by atoms with Crippen LogP contribution >= 0.6 is 0 Å². The molecule has 0 bridgehead atoms. The van der Waals surface area contributed by atoms with Gasteiger partial charge in [0, 0.05) is 37.3 Å². The lowest BCUT2D eigenvalue weighted by Gasteiger charge is -2.39. The van der Waals surface area contributed by atoms with Gasteiger partial charge in [-0.2, -0.15) is 0 Å². The molecule has 1 aliphatic heterocycles. The molecular formula is C26H33N3O2. The van der Waals surface area contributed by atoms with E-state index in [1.54, 1.807) is 0 Å². The van der Waals surface area contributed by atoms with E-state index in [9.17, 15) is 9.59 Å². The van der Waals surface area contributed by atoms with E-state index in [0.717, 1.165) is 50.8 Å². The van der Waals surface area contributed by atoms with Crippen LogP contribution in [0.25, 0.3) is 0 Å². The number of carbonyl (C=O) groups is 2. The molecular weight excluding hydrogens is 386 g/mol. The van der Waals surface area contributed by atoms with Gasteiger partial charge in [-0.05, 0) is 61.8 Å². The van der Waals surface area contributed by atoms with Gasteiger partial charge in [0.15, 0.2) is 0 Å². The minimum absolute atomic E-state index is 0.0181. The molecule has 0 radical (unpaired) electrons. The number of nitrogens with one attached hydrogen (secondary N) is 1. The van der Waals surface area contributed by atoms with Gasteiger partial charge < -0.3 is 15.1 Å². The summed E-state index contributed by atoms with van der Waals surface area (Å²) >= 11 is 0. The molecule has 5 nitrogen and oxygen atoms in total.